The number of ether oxygens (including phenoxy) is 2. The number of carboxylic acid groups (broad SMARTS) is 1. The number of methoxy groups -OCH3 is 1. The summed E-state index contributed by atoms with van der Waals surface area (Å²) in [6.45, 7) is 5.23. The minimum Gasteiger partial charge on any atom is -0.493 e. The molecule has 1 aromatic carbocycles. The molecule has 1 saturated heterocycles. The lowest BCUT2D eigenvalue weighted by molar-refractivity contribution is -0.138. The average Bonchev–Trinajstić information content (AvgIpc) is 2.59. The summed E-state index contributed by atoms with van der Waals surface area (Å²) in [4.78, 5) is 25.6. The Balaban J connectivity index is 2.18. The smallest absolute Gasteiger partial charge is 0.305 e. The molecule has 6 nitrogen and oxygen atoms in total. The van der Waals surface area contributed by atoms with E-state index >= 15 is 0 Å². The van der Waals surface area contributed by atoms with Gasteiger partial charge in [0, 0.05) is 23.6 Å². The number of carboxylic acids is 1. The molecule has 0 spiro atoms. The fourth-order valence-corrected chi connectivity index (χ4v) is 3.70. The fourth-order valence-electron chi connectivity index (χ4n) is 2.64. The van der Waals surface area contributed by atoms with Crippen LogP contribution in [-0.2, 0) is 4.79 Å². The minimum atomic E-state index is -0.889. The van der Waals surface area contributed by atoms with E-state index in [1.807, 2.05) is 0 Å². The summed E-state index contributed by atoms with van der Waals surface area (Å²) < 4.78 is 11.1. The Kier molecular flexibility index (Phi) is 6.99. The molecule has 1 heterocycles. The van der Waals surface area contributed by atoms with E-state index in [0.717, 1.165) is 5.75 Å². The molecule has 7 heteroatoms. The fraction of sp³-hybridized carbons (Fsp3) is 0.556. The van der Waals surface area contributed by atoms with Gasteiger partial charge in [-0.15, -0.1) is 0 Å². The first kappa shape index (κ1) is 19.4. The van der Waals surface area contributed by atoms with Gasteiger partial charge >= 0.3 is 5.97 Å². The van der Waals surface area contributed by atoms with Gasteiger partial charge in [-0.2, -0.15) is 11.8 Å². The quantitative estimate of drug-likeness (QED) is 0.799. The summed E-state index contributed by atoms with van der Waals surface area (Å²) in [6.07, 6.45) is -0.0363. The van der Waals surface area contributed by atoms with Crippen molar-refractivity contribution in [1.29, 1.82) is 0 Å². The molecule has 1 fully saturated rings. The Bertz CT molecular complexity index is 619. The van der Waals surface area contributed by atoms with Crippen LogP contribution in [-0.4, -0.2) is 59.7 Å². The molecule has 1 unspecified atom stereocenters. The maximum atomic E-state index is 12.9. The van der Waals surface area contributed by atoms with E-state index in [9.17, 15) is 9.59 Å². The van der Waals surface area contributed by atoms with E-state index in [2.05, 4.69) is 13.8 Å². The molecule has 25 heavy (non-hydrogen) atoms. The Morgan fingerprint density at radius 1 is 1.36 bits per heavy atom. The van der Waals surface area contributed by atoms with E-state index in [-0.39, 0.29) is 18.4 Å². The average molecular weight is 367 g/mol. The zero-order valence-corrected chi connectivity index (χ0v) is 15.7. The number of aliphatic carboxylic acids is 1. The lowest BCUT2D eigenvalue weighted by atomic mass is 10.1. The number of benzene rings is 1. The van der Waals surface area contributed by atoms with Crippen molar-refractivity contribution < 1.29 is 24.2 Å². The first-order valence-corrected chi connectivity index (χ1v) is 9.49. The predicted octanol–water partition coefficient (Wildman–Crippen LogP) is 2.76. The van der Waals surface area contributed by atoms with Crippen LogP contribution in [0.1, 0.15) is 30.6 Å². The number of amides is 1. The van der Waals surface area contributed by atoms with Gasteiger partial charge in [0.05, 0.1) is 26.2 Å². The maximum Gasteiger partial charge on any atom is 0.305 e. The second-order valence-electron chi connectivity index (χ2n) is 6.40. The van der Waals surface area contributed by atoms with E-state index in [0.29, 0.717) is 41.9 Å². The summed E-state index contributed by atoms with van der Waals surface area (Å²) in [5.41, 5.74) is 0.482. The topological polar surface area (TPSA) is 76.1 Å². The third-order valence-corrected chi connectivity index (χ3v) is 4.97. The van der Waals surface area contributed by atoms with Crippen molar-refractivity contribution in [2.45, 2.75) is 26.3 Å². The van der Waals surface area contributed by atoms with Crippen molar-refractivity contribution in [3.63, 3.8) is 0 Å². The molecule has 1 N–H and O–H groups in total. The lowest BCUT2D eigenvalue weighted by Crippen LogP contribution is -2.47. The van der Waals surface area contributed by atoms with Crippen LogP contribution in [0.4, 0.5) is 0 Å². The van der Waals surface area contributed by atoms with Gasteiger partial charge in [-0.05, 0) is 24.1 Å². The van der Waals surface area contributed by atoms with Gasteiger partial charge in [0.1, 0.15) is 0 Å². The lowest BCUT2D eigenvalue weighted by Gasteiger charge is -2.34. The zero-order chi connectivity index (χ0) is 18.4. The highest BCUT2D eigenvalue weighted by Crippen LogP contribution is 2.30. The summed E-state index contributed by atoms with van der Waals surface area (Å²) in [6, 6.07) is 4.82. The van der Waals surface area contributed by atoms with Gasteiger partial charge in [0.2, 0.25) is 0 Å². The van der Waals surface area contributed by atoms with Gasteiger partial charge in [-0.1, -0.05) is 13.8 Å². The standard InChI is InChI=1S/C18H25NO5S/c1-12(2)10-24-15-5-4-13(8-16(15)23-3)18(22)19-6-7-25-11-14(19)9-17(20)21/h4-5,8,12,14H,6-7,9-11H2,1-3H3,(H,20,21). The van der Waals surface area contributed by atoms with Crippen molar-refractivity contribution in [1.82, 2.24) is 4.90 Å². The third kappa shape index (κ3) is 5.29. The second kappa shape index (κ2) is 8.99. The van der Waals surface area contributed by atoms with Crippen LogP contribution >= 0.6 is 11.8 Å². The SMILES string of the molecule is COc1cc(C(=O)N2CCSCC2CC(=O)O)ccc1OCC(C)C. The van der Waals surface area contributed by atoms with E-state index in [1.165, 1.54) is 7.11 Å². The van der Waals surface area contributed by atoms with Gasteiger partial charge in [0.15, 0.2) is 11.5 Å². The van der Waals surface area contributed by atoms with Crippen molar-refractivity contribution in [3.8, 4) is 11.5 Å². The number of nitrogens with zero attached hydrogens (tertiary/aromatic N) is 1. The molecule has 1 aliphatic heterocycles. The van der Waals surface area contributed by atoms with Gasteiger partial charge < -0.3 is 19.5 Å². The summed E-state index contributed by atoms with van der Waals surface area (Å²) in [5, 5.41) is 9.07. The predicted molar refractivity (Wildman–Crippen MR) is 97.7 cm³/mol. The van der Waals surface area contributed by atoms with Gasteiger partial charge in [-0.3, -0.25) is 9.59 Å². The molecule has 0 saturated carbocycles. The van der Waals surface area contributed by atoms with Crippen molar-refractivity contribution >= 4 is 23.6 Å². The highest BCUT2D eigenvalue weighted by Gasteiger charge is 2.30. The molecule has 0 bridgehead atoms. The number of hydrogen-bond acceptors (Lipinski definition) is 5. The Morgan fingerprint density at radius 2 is 2.12 bits per heavy atom. The molecule has 0 radical (unpaired) electrons. The monoisotopic (exact) mass is 367 g/mol. The number of rotatable bonds is 7. The summed E-state index contributed by atoms with van der Waals surface area (Å²) in [5.74, 6) is 1.89. The van der Waals surface area contributed by atoms with Crippen LogP contribution in [0.5, 0.6) is 11.5 Å². The van der Waals surface area contributed by atoms with Crippen LogP contribution in [0.15, 0.2) is 18.2 Å². The highest BCUT2D eigenvalue weighted by atomic mass is 32.2. The third-order valence-electron chi connectivity index (χ3n) is 3.88. The first-order chi connectivity index (χ1) is 11.9. The second-order valence-corrected chi connectivity index (χ2v) is 7.55. The number of carbonyl (C=O) groups is 2. The molecule has 1 aliphatic rings. The number of hydrogen-bond donors (Lipinski definition) is 1. The van der Waals surface area contributed by atoms with Crippen LogP contribution in [0, 0.1) is 5.92 Å². The van der Waals surface area contributed by atoms with Crippen LogP contribution < -0.4 is 9.47 Å². The highest BCUT2D eigenvalue weighted by molar-refractivity contribution is 7.99. The molecule has 1 atom stereocenters. The van der Waals surface area contributed by atoms with E-state index in [4.69, 9.17) is 14.6 Å². The van der Waals surface area contributed by atoms with Crippen molar-refractivity contribution in [2.24, 2.45) is 5.92 Å². The molecule has 1 amide bonds. The maximum absolute atomic E-state index is 12.9. The Morgan fingerprint density at radius 3 is 2.76 bits per heavy atom. The zero-order valence-electron chi connectivity index (χ0n) is 14.9. The first-order valence-electron chi connectivity index (χ1n) is 8.33. The summed E-state index contributed by atoms with van der Waals surface area (Å²) in [7, 11) is 1.54. The molecular formula is C18H25NO5S. The Labute approximate surface area is 152 Å². The normalized spacial score (nSPS) is 17.4. The van der Waals surface area contributed by atoms with Gasteiger partial charge in [0.25, 0.3) is 5.91 Å². The number of carbonyl (C=O) groups excluding carboxylic acids is 1. The van der Waals surface area contributed by atoms with E-state index in [1.54, 1.807) is 34.9 Å². The molecule has 0 aromatic heterocycles. The largest absolute Gasteiger partial charge is 0.493 e. The van der Waals surface area contributed by atoms with Crippen molar-refractivity contribution in [2.75, 3.05) is 31.8 Å². The summed E-state index contributed by atoms with van der Waals surface area (Å²) >= 11 is 1.68. The molecular weight excluding hydrogens is 342 g/mol. The van der Waals surface area contributed by atoms with Crippen LogP contribution in [0.2, 0.25) is 0 Å². The van der Waals surface area contributed by atoms with Gasteiger partial charge in [-0.25, -0.2) is 0 Å². The molecule has 1 aromatic rings. The van der Waals surface area contributed by atoms with E-state index < -0.39 is 5.97 Å². The molecule has 0 aliphatic carbocycles. The minimum absolute atomic E-state index is 0.0363. The molecule has 138 valence electrons. The number of thioether (sulfide) groups is 1. The van der Waals surface area contributed by atoms with Crippen molar-refractivity contribution in [3.05, 3.63) is 23.8 Å². The van der Waals surface area contributed by atoms with Crippen LogP contribution in [0.3, 0.4) is 0 Å². The molecule has 2 rings (SSSR count). The van der Waals surface area contributed by atoms with Crippen LogP contribution in [0.25, 0.3) is 0 Å². The Hall–Kier alpha value is -1.89.